The summed E-state index contributed by atoms with van der Waals surface area (Å²) < 4.78 is 0. The zero-order valence-corrected chi connectivity index (χ0v) is 21.1. The molecule has 0 aliphatic heterocycles. The molecule has 8 amide bonds. The molecular weight excluding hydrogens is 568 g/mol. The first kappa shape index (κ1) is 28.4. The summed E-state index contributed by atoms with van der Waals surface area (Å²) >= 11 is 0. The van der Waals surface area contributed by atoms with Crippen LogP contribution in [0.3, 0.4) is 0 Å². The third-order valence-corrected chi connectivity index (χ3v) is 4.84. The van der Waals surface area contributed by atoms with Gasteiger partial charge in [-0.15, -0.1) is 0 Å². The standard InChI is InChI=1S/C14H22N24O4/c39-11(17-7-21-29-30-22-7)15-1-3-37(13(41)19-9-25-33-34-26-9)5-6-38(14(42)20-10-27-35-36-28-10)4-2-16-12(40)18-8-23-31-32-24-8/h1-6H2,(H2,19,25,26,33,34,41)(H2,20,27,28,35,36,42)(H3,15,17,21,22,29,30,39)(H3,16,18,23,24,31,32,40). The maximum absolute atomic E-state index is 12.9. The molecule has 28 nitrogen and oxygen atoms in total. The van der Waals surface area contributed by atoms with Crippen LogP contribution >= 0.6 is 0 Å². The van der Waals surface area contributed by atoms with Crippen molar-refractivity contribution in [3.8, 4) is 0 Å². The lowest BCUT2D eigenvalue weighted by Crippen LogP contribution is -2.48. The van der Waals surface area contributed by atoms with Crippen LogP contribution in [0.4, 0.5) is 43.0 Å². The third kappa shape index (κ3) is 8.98. The van der Waals surface area contributed by atoms with E-state index < -0.39 is 24.1 Å². The van der Waals surface area contributed by atoms with E-state index in [1.807, 2.05) is 0 Å². The second-order valence-electron chi connectivity index (χ2n) is 7.60. The van der Waals surface area contributed by atoms with Gasteiger partial charge < -0.3 is 20.4 Å². The molecule has 0 saturated carbocycles. The highest BCUT2D eigenvalue weighted by molar-refractivity contribution is 5.89. The van der Waals surface area contributed by atoms with Crippen molar-refractivity contribution >= 4 is 47.9 Å². The number of nitrogens with zero attached hydrogens (tertiary/aromatic N) is 14. The number of tetrazole rings is 4. The van der Waals surface area contributed by atoms with Crippen molar-refractivity contribution < 1.29 is 19.2 Å². The molecule has 28 heteroatoms. The molecule has 10 N–H and O–H groups in total. The Balaban J connectivity index is 1.34. The van der Waals surface area contributed by atoms with Crippen LogP contribution in [0.5, 0.6) is 0 Å². The van der Waals surface area contributed by atoms with Crippen LogP contribution in [-0.2, 0) is 0 Å². The van der Waals surface area contributed by atoms with Crippen LogP contribution in [0.1, 0.15) is 0 Å². The van der Waals surface area contributed by atoms with E-state index in [0.717, 1.165) is 0 Å². The number of amides is 8. The minimum Gasteiger partial charge on any atom is -0.336 e. The average Bonchev–Trinajstić information content (AvgIpc) is 3.79. The Bertz CT molecular complexity index is 1260. The molecule has 0 spiro atoms. The smallest absolute Gasteiger partial charge is 0.324 e. The molecule has 4 aromatic rings. The van der Waals surface area contributed by atoms with Crippen molar-refractivity contribution in [2.24, 2.45) is 0 Å². The molecular formula is C14H22N24O4. The predicted molar refractivity (Wildman–Crippen MR) is 132 cm³/mol. The molecule has 0 radical (unpaired) electrons. The summed E-state index contributed by atoms with van der Waals surface area (Å²) in [6.07, 6.45) is 0. The number of nitrogens with one attached hydrogen (secondary N) is 10. The fourth-order valence-electron chi connectivity index (χ4n) is 2.99. The van der Waals surface area contributed by atoms with Crippen LogP contribution in [0, 0.1) is 0 Å². The van der Waals surface area contributed by atoms with Gasteiger partial charge in [-0.05, 0) is 41.7 Å². The Kier molecular flexibility index (Phi) is 9.79. The number of aromatic nitrogens is 16. The largest absolute Gasteiger partial charge is 0.336 e. The summed E-state index contributed by atoms with van der Waals surface area (Å²) in [6.45, 7) is -0.125. The number of urea groups is 4. The first-order valence-corrected chi connectivity index (χ1v) is 11.6. The highest BCUT2D eigenvalue weighted by Gasteiger charge is 2.21. The number of rotatable bonds is 13. The summed E-state index contributed by atoms with van der Waals surface area (Å²) in [6, 6.07) is -2.57. The fourth-order valence-corrected chi connectivity index (χ4v) is 2.99. The van der Waals surface area contributed by atoms with Gasteiger partial charge >= 0.3 is 24.1 Å². The molecule has 4 heterocycles. The number of H-pyrrole nitrogens is 4. The third-order valence-electron chi connectivity index (χ3n) is 4.84. The normalized spacial score (nSPS) is 10.4. The average molecular weight is 590 g/mol. The van der Waals surface area contributed by atoms with Gasteiger partial charge in [0.25, 0.3) is 0 Å². The molecule has 4 rings (SSSR count). The number of carbonyl (C=O) groups is 4. The van der Waals surface area contributed by atoms with Crippen molar-refractivity contribution in [1.82, 2.24) is 103 Å². The van der Waals surface area contributed by atoms with Crippen molar-refractivity contribution in [2.75, 3.05) is 60.5 Å². The number of aromatic amines is 4. The summed E-state index contributed by atoms with van der Waals surface area (Å²) in [5.74, 6) is -0.0251. The summed E-state index contributed by atoms with van der Waals surface area (Å²) in [4.78, 5) is 52.6. The van der Waals surface area contributed by atoms with Crippen LogP contribution in [0.25, 0.3) is 0 Å². The topological polar surface area (TPSA) is 365 Å². The van der Waals surface area contributed by atoms with E-state index in [9.17, 15) is 19.2 Å². The van der Waals surface area contributed by atoms with E-state index in [0.29, 0.717) is 0 Å². The van der Waals surface area contributed by atoms with Crippen LogP contribution < -0.4 is 31.9 Å². The van der Waals surface area contributed by atoms with Gasteiger partial charge in [-0.2, -0.15) is 0 Å². The van der Waals surface area contributed by atoms with Gasteiger partial charge in [0.1, 0.15) is 0 Å². The van der Waals surface area contributed by atoms with E-state index in [4.69, 9.17) is 0 Å². The second-order valence-corrected chi connectivity index (χ2v) is 7.60. The molecule has 0 aliphatic carbocycles. The number of hydrogen-bond acceptors (Lipinski definition) is 16. The van der Waals surface area contributed by atoms with Crippen molar-refractivity contribution in [3.05, 3.63) is 0 Å². The van der Waals surface area contributed by atoms with Gasteiger partial charge in [0, 0.05) is 39.3 Å². The maximum atomic E-state index is 12.9. The van der Waals surface area contributed by atoms with E-state index in [2.05, 4.69) is 114 Å². The van der Waals surface area contributed by atoms with E-state index in [1.165, 1.54) is 9.80 Å². The molecule has 42 heavy (non-hydrogen) atoms. The maximum Gasteiger partial charge on any atom is 0.324 e. The first-order chi connectivity index (χ1) is 20.5. The highest BCUT2D eigenvalue weighted by atomic mass is 16.2. The van der Waals surface area contributed by atoms with Gasteiger partial charge in [-0.25, -0.2) is 39.6 Å². The molecule has 0 bridgehead atoms. The minimum absolute atomic E-state index is 0.0103. The van der Waals surface area contributed by atoms with E-state index >= 15 is 0 Å². The first-order valence-electron chi connectivity index (χ1n) is 11.6. The molecule has 0 aromatic carbocycles. The number of hydrogen-bond donors (Lipinski definition) is 10. The lowest BCUT2D eigenvalue weighted by molar-refractivity contribution is 0.189. The zero-order chi connectivity index (χ0) is 29.6. The molecule has 0 fully saturated rings. The van der Waals surface area contributed by atoms with Crippen LogP contribution in [0.2, 0.25) is 0 Å². The Morgan fingerprint density at radius 2 is 0.833 bits per heavy atom. The van der Waals surface area contributed by atoms with E-state index in [-0.39, 0.29) is 63.1 Å². The lowest BCUT2D eigenvalue weighted by atomic mass is 10.4. The molecule has 0 aliphatic rings. The fraction of sp³-hybridized carbons (Fsp3) is 0.429. The predicted octanol–water partition coefficient (Wildman–Crippen LogP) is -4.25. The van der Waals surface area contributed by atoms with Crippen molar-refractivity contribution in [3.63, 3.8) is 0 Å². The van der Waals surface area contributed by atoms with E-state index in [1.54, 1.807) is 0 Å². The molecule has 4 aromatic heterocycles. The number of carbonyl (C=O) groups excluding carboxylic acids is 4. The Morgan fingerprint density at radius 3 is 1.14 bits per heavy atom. The monoisotopic (exact) mass is 590 g/mol. The quantitative estimate of drug-likeness (QED) is 0.0704. The Labute approximate surface area is 231 Å². The number of anilines is 4. The summed E-state index contributed by atoms with van der Waals surface area (Å²) in [5.41, 5.74) is 0. The van der Waals surface area contributed by atoms with Crippen LogP contribution in [-0.4, -0.2) is 156 Å². The summed E-state index contributed by atoms with van der Waals surface area (Å²) in [7, 11) is 0. The molecule has 0 atom stereocenters. The van der Waals surface area contributed by atoms with Gasteiger partial charge in [0.05, 0.1) is 0 Å². The van der Waals surface area contributed by atoms with Crippen molar-refractivity contribution in [1.29, 1.82) is 0 Å². The Morgan fingerprint density at radius 1 is 0.500 bits per heavy atom. The van der Waals surface area contributed by atoms with Crippen molar-refractivity contribution in [2.45, 2.75) is 0 Å². The minimum atomic E-state index is -0.645. The molecule has 0 unspecified atom stereocenters. The van der Waals surface area contributed by atoms with Gasteiger partial charge in [-0.3, -0.25) is 21.3 Å². The summed E-state index contributed by atoms with van der Waals surface area (Å²) in [5, 5.41) is 65.4. The SMILES string of the molecule is O=C(NCCN(CCN(CCNC(=O)Nc1nnn[nH]1)C(=O)Nc1nnn[nH]1)C(=O)Nc1nnn[nH]1)Nc1nnn[nH]1. The Hall–Kier alpha value is -6.64. The molecule has 0 saturated heterocycles. The zero-order valence-electron chi connectivity index (χ0n) is 21.1. The van der Waals surface area contributed by atoms with Gasteiger partial charge in [0.15, 0.2) is 0 Å². The van der Waals surface area contributed by atoms with Crippen LogP contribution in [0.15, 0.2) is 0 Å². The molecule has 222 valence electrons. The lowest BCUT2D eigenvalue weighted by Gasteiger charge is -2.28. The highest BCUT2D eigenvalue weighted by Crippen LogP contribution is 2.02. The van der Waals surface area contributed by atoms with Gasteiger partial charge in [0.2, 0.25) is 23.8 Å². The van der Waals surface area contributed by atoms with Gasteiger partial charge in [-0.1, -0.05) is 20.4 Å². The second kappa shape index (κ2) is 14.5.